The zero-order valence-electron chi connectivity index (χ0n) is 10.1. The molecule has 102 valence electrons. The third kappa shape index (κ3) is 2.87. The molecule has 1 amide bonds. The number of hydrogen-bond donors (Lipinski definition) is 1. The Hall–Kier alpha value is -1.62. The third-order valence-corrected chi connectivity index (χ3v) is 3.52. The number of hydrogen-bond acceptors (Lipinski definition) is 2. The van der Waals surface area contributed by atoms with Crippen LogP contribution in [0.5, 0.6) is 0 Å². The molecule has 19 heavy (non-hydrogen) atoms. The summed E-state index contributed by atoms with van der Waals surface area (Å²) < 4.78 is 13.8. The first kappa shape index (κ1) is 13.8. The fourth-order valence-electron chi connectivity index (χ4n) is 2.34. The maximum atomic E-state index is 13.8. The van der Waals surface area contributed by atoms with E-state index in [-0.39, 0.29) is 23.0 Å². The first-order chi connectivity index (χ1) is 9.00. The average molecular weight is 286 g/mol. The smallest absolute Gasteiger partial charge is 0.305 e. The average Bonchev–Trinajstić information content (AvgIpc) is 2.79. The van der Waals surface area contributed by atoms with Crippen molar-refractivity contribution in [2.75, 3.05) is 6.54 Å². The van der Waals surface area contributed by atoms with Crippen LogP contribution in [0.25, 0.3) is 0 Å². The minimum Gasteiger partial charge on any atom is -0.481 e. The summed E-state index contributed by atoms with van der Waals surface area (Å²) in [6.07, 6.45) is 1.24. The summed E-state index contributed by atoms with van der Waals surface area (Å²) in [7, 11) is 0. The molecule has 1 atom stereocenters. The summed E-state index contributed by atoms with van der Waals surface area (Å²) in [5.41, 5.74) is -0.107. The highest BCUT2D eigenvalue weighted by Crippen LogP contribution is 2.25. The van der Waals surface area contributed by atoms with E-state index in [2.05, 4.69) is 0 Å². The monoisotopic (exact) mass is 285 g/mol. The zero-order valence-corrected chi connectivity index (χ0v) is 10.9. The van der Waals surface area contributed by atoms with Gasteiger partial charge in [0.1, 0.15) is 0 Å². The second-order valence-corrected chi connectivity index (χ2v) is 4.90. The summed E-state index contributed by atoms with van der Waals surface area (Å²) in [6, 6.07) is 3.86. The van der Waals surface area contributed by atoms with Gasteiger partial charge in [-0.05, 0) is 25.0 Å². The number of halogens is 2. The third-order valence-electron chi connectivity index (χ3n) is 3.23. The largest absolute Gasteiger partial charge is 0.481 e. The van der Waals surface area contributed by atoms with E-state index in [1.165, 1.54) is 23.1 Å². The predicted octanol–water partition coefficient (Wildman–Crippen LogP) is 2.56. The van der Waals surface area contributed by atoms with Crippen LogP contribution >= 0.6 is 11.6 Å². The Morgan fingerprint density at radius 3 is 2.89 bits per heavy atom. The molecule has 0 saturated carbocycles. The molecule has 1 saturated heterocycles. The van der Waals surface area contributed by atoms with Gasteiger partial charge in [-0.15, -0.1) is 0 Å². The number of carbonyl (C=O) groups excluding carboxylic acids is 1. The van der Waals surface area contributed by atoms with Crippen LogP contribution in [0.15, 0.2) is 18.2 Å². The summed E-state index contributed by atoms with van der Waals surface area (Å²) in [4.78, 5) is 24.4. The molecule has 0 aromatic heterocycles. The highest BCUT2D eigenvalue weighted by Gasteiger charge is 2.32. The predicted molar refractivity (Wildman–Crippen MR) is 67.7 cm³/mol. The van der Waals surface area contributed by atoms with Crippen molar-refractivity contribution in [1.29, 1.82) is 0 Å². The summed E-state index contributed by atoms with van der Waals surface area (Å²) >= 11 is 5.65. The highest BCUT2D eigenvalue weighted by atomic mass is 35.5. The molecular weight excluding hydrogens is 273 g/mol. The van der Waals surface area contributed by atoms with Crippen molar-refractivity contribution >= 4 is 23.5 Å². The fourth-order valence-corrected chi connectivity index (χ4v) is 2.52. The molecule has 1 heterocycles. The fraction of sp³-hybridized carbons (Fsp3) is 0.385. The van der Waals surface area contributed by atoms with Gasteiger partial charge in [0.2, 0.25) is 0 Å². The number of carboxylic acids is 1. The quantitative estimate of drug-likeness (QED) is 0.928. The molecule has 0 radical (unpaired) electrons. The van der Waals surface area contributed by atoms with Gasteiger partial charge < -0.3 is 10.0 Å². The molecule has 4 nitrogen and oxygen atoms in total. The summed E-state index contributed by atoms with van der Waals surface area (Å²) in [5.74, 6) is -2.21. The van der Waals surface area contributed by atoms with Gasteiger partial charge in [0.05, 0.1) is 17.0 Å². The van der Waals surface area contributed by atoms with Gasteiger partial charge in [0, 0.05) is 12.6 Å². The Balaban J connectivity index is 2.23. The molecule has 1 aromatic rings. The molecule has 1 aliphatic rings. The minimum absolute atomic E-state index is 0.107. The Bertz CT molecular complexity index is 521. The number of likely N-dealkylation sites (tertiary alicyclic amines) is 1. The maximum absolute atomic E-state index is 13.8. The van der Waals surface area contributed by atoms with Crippen molar-refractivity contribution in [3.05, 3.63) is 34.6 Å². The number of carbonyl (C=O) groups is 2. The van der Waals surface area contributed by atoms with E-state index in [1.807, 2.05) is 0 Å². The second-order valence-electron chi connectivity index (χ2n) is 4.49. The molecule has 1 aliphatic heterocycles. The van der Waals surface area contributed by atoms with E-state index in [0.29, 0.717) is 13.0 Å². The van der Waals surface area contributed by atoms with Crippen LogP contribution in [0.3, 0.4) is 0 Å². The summed E-state index contributed by atoms with van der Waals surface area (Å²) in [6.45, 7) is 0.447. The van der Waals surface area contributed by atoms with E-state index in [0.717, 1.165) is 6.42 Å². The van der Waals surface area contributed by atoms with Crippen molar-refractivity contribution in [1.82, 2.24) is 4.90 Å². The van der Waals surface area contributed by atoms with E-state index in [4.69, 9.17) is 16.7 Å². The number of rotatable bonds is 3. The number of amides is 1. The van der Waals surface area contributed by atoms with Gasteiger partial charge in [-0.25, -0.2) is 4.39 Å². The lowest BCUT2D eigenvalue weighted by molar-refractivity contribution is -0.137. The zero-order chi connectivity index (χ0) is 14.0. The second kappa shape index (κ2) is 5.57. The summed E-state index contributed by atoms with van der Waals surface area (Å²) in [5, 5.41) is 8.70. The number of nitrogens with zero attached hydrogens (tertiary/aromatic N) is 1. The van der Waals surface area contributed by atoms with E-state index < -0.39 is 17.7 Å². The SMILES string of the molecule is O=C(O)CC1CCCN1C(=O)c1cccc(Cl)c1F. The first-order valence-corrected chi connectivity index (χ1v) is 6.35. The Morgan fingerprint density at radius 1 is 1.47 bits per heavy atom. The van der Waals surface area contributed by atoms with Gasteiger partial charge in [0.15, 0.2) is 5.82 Å². The molecule has 1 fully saturated rings. The van der Waals surface area contributed by atoms with Crippen molar-refractivity contribution in [2.24, 2.45) is 0 Å². The lowest BCUT2D eigenvalue weighted by Crippen LogP contribution is -2.37. The van der Waals surface area contributed by atoms with Crippen LogP contribution in [0.4, 0.5) is 4.39 Å². The van der Waals surface area contributed by atoms with Crippen molar-refractivity contribution in [2.45, 2.75) is 25.3 Å². The highest BCUT2D eigenvalue weighted by molar-refractivity contribution is 6.31. The Labute approximate surface area is 114 Å². The number of benzene rings is 1. The van der Waals surface area contributed by atoms with E-state index >= 15 is 0 Å². The molecule has 6 heteroatoms. The van der Waals surface area contributed by atoms with Crippen LogP contribution < -0.4 is 0 Å². The standard InChI is InChI=1S/C13H13ClFNO3/c14-10-5-1-4-9(12(10)15)13(19)16-6-2-3-8(16)7-11(17)18/h1,4-5,8H,2-3,6-7H2,(H,17,18). The number of aliphatic carboxylic acids is 1. The molecule has 1 aromatic carbocycles. The van der Waals surface area contributed by atoms with Crippen molar-refractivity contribution in [3.63, 3.8) is 0 Å². The van der Waals surface area contributed by atoms with Crippen LogP contribution in [0.1, 0.15) is 29.6 Å². The van der Waals surface area contributed by atoms with Crippen molar-refractivity contribution in [3.8, 4) is 0 Å². The van der Waals surface area contributed by atoms with E-state index in [1.54, 1.807) is 0 Å². The Morgan fingerprint density at radius 2 is 2.21 bits per heavy atom. The molecule has 0 bridgehead atoms. The van der Waals surface area contributed by atoms with Gasteiger partial charge in [-0.2, -0.15) is 0 Å². The van der Waals surface area contributed by atoms with Crippen molar-refractivity contribution < 1.29 is 19.1 Å². The lowest BCUT2D eigenvalue weighted by atomic mass is 10.1. The molecule has 0 spiro atoms. The minimum atomic E-state index is -0.962. The van der Waals surface area contributed by atoms with Gasteiger partial charge in [-0.1, -0.05) is 17.7 Å². The maximum Gasteiger partial charge on any atom is 0.305 e. The molecule has 1 N–H and O–H groups in total. The molecule has 1 unspecified atom stereocenters. The normalized spacial score (nSPS) is 18.6. The number of carboxylic acid groups (broad SMARTS) is 1. The molecule has 2 rings (SSSR count). The van der Waals surface area contributed by atoms with Crippen LogP contribution in [0.2, 0.25) is 5.02 Å². The lowest BCUT2D eigenvalue weighted by Gasteiger charge is -2.23. The van der Waals surface area contributed by atoms with E-state index in [9.17, 15) is 14.0 Å². The topological polar surface area (TPSA) is 57.6 Å². The van der Waals surface area contributed by atoms with Crippen LogP contribution in [0, 0.1) is 5.82 Å². The van der Waals surface area contributed by atoms with Gasteiger partial charge in [-0.3, -0.25) is 9.59 Å². The molecular formula is C13H13ClFNO3. The van der Waals surface area contributed by atoms with Crippen LogP contribution in [-0.2, 0) is 4.79 Å². The molecule has 0 aliphatic carbocycles. The Kier molecular flexibility index (Phi) is 4.04. The van der Waals surface area contributed by atoms with Crippen LogP contribution in [-0.4, -0.2) is 34.5 Å². The first-order valence-electron chi connectivity index (χ1n) is 5.97. The van der Waals surface area contributed by atoms with Gasteiger partial charge in [0.25, 0.3) is 5.91 Å². The van der Waals surface area contributed by atoms with Gasteiger partial charge >= 0.3 is 5.97 Å².